The summed E-state index contributed by atoms with van der Waals surface area (Å²) >= 11 is 0. The largest absolute Gasteiger partial charge is 0.494 e. The summed E-state index contributed by atoms with van der Waals surface area (Å²) in [7, 11) is 0. The molecule has 0 aliphatic carbocycles. The molecule has 0 fully saturated rings. The van der Waals surface area contributed by atoms with E-state index in [1.807, 2.05) is 5.48 Å². The van der Waals surface area contributed by atoms with Gasteiger partial charge < -0.3 is 15.4 Å². The van der Waals surface area contributed by atoms with Gasteiger partial charge in [0.05, 0.1) is 0 Å². The van der Waals surface area contributed by atoms with Gasteiger partial charge in [0.1, 0.15) is 0 Å². The molecule has 0 saturated carbocycles. The highest BCUT2D eigenvalue weighted by Gasteiger charge is 2.03. The van der Waals surface area contributed by atoms with Crippen LogP contribution in [0.4, 0.5) is 0 Å². The molecule has 0 aliphatic rings. The smallest absolute Gasteiger partial charge is 0.193 e. The Bertz CT molecular complexity index is 227. The summed E-state index contributed by atoms with van der Waals surface area (Å²) < 4.78 is 1.36. The molecule has 12 heavy (non-hydrogen) atoms. The summed E-state index contributed by atoms with van der Waals surface area (Å²) in [5.41, 5.74) is 1.99. The topological polar surface area (TPSA) is 77.7 Å². The molecule has 0 aromatic carbocycles. The minimum atomic E-state index is 0.0328. The van der Waals surface area contributed by atoms with Gasteiger partial charge in [-0.05, 0) is 6.42 Å². The van der Waals surface area contributed by atoms with Gasteiger partial charge in [0.25, 0.3) is 0 Å². The van der Waals surface area contributed by atoms with Crippen molar-refractivity contribution in [3.63, 3.8) is 0 Å². The number of hydroxylamine groups is 1. The van der Waals surface area contributed by atoms with E-state index < -0.39 is 0 Å². The first-order chi connectivity index (χ1) is 5.75. The fraction of sp³-hybridized carbons (Fsp3) is 0.429. The van der Waals surface area contributed by atoms with Gasteiger partial charge in [-0.25, -0.2) is 5.48 Å². The first kappa shape index (κ1) is 8.89. The number of nitrogens with one attached hydrogen (secondary N) is 1. The SMILES string of the molecule is ONCCCn1c(O)ccc1O. The molecule has 0 spiro atoms. The molecule has 0 amide bonds. The molecule has 5 nitrogen and oxygen atoms in total. The molecule has 0 saturated heterocycles. The summed E-state index contributed by atoms with van der Waals surface area (Å²) in [5.74, 6) is 0.0656. The van der Waals surface area contributed by atoms with Crippen molar-refractivity contribution in [2.45, 2.75) is 13.0 Å². The lowest BCUT2D eigenvalue weighted by atomic mass is 10.4. The maximum atomic E-state index is 9.15. The highest BCUT2D eigenvalue weighted by Crippen LogP contribution is 2.20. The molecule has 1 aromatic heterocycles. The van der Waals surface area contributed by atoms with Crippen molar-refractivity contribution in [1.29, 1.82) is 0 Å². The van der Waals surface area contributed by atoms with Gasteiger partial charge in [-0.2, -0.15) is 0 Å². The summed E-state index contributed by atoms with van der Waals surface area (Å²) in [6, 6.07) is 2.84. The van der Waals surface area contributed by atoms with E-state index in [0.29, 0.717) is 19.5 Å². The van der Waals surface area contributed by atoms with E-state index in [4.69, 9.17) is 15.4 Å². The van der Waals surface area contributed by atoms with Crippen molar-refractivity contribution < 1.29 is 15.4 Å². The maximum Gasteiger partial charge on any atom is 0.193 e. The second-order valence-corrected chi connectivity index (χ2v) is 2.46. The molecule has 0 atom stereocenters. The molecular formula is C7H12N2O3. The van der Waals surface area contributed by atoms with Gasteiger partial charge in [-0.3, -0.25) is 4.57 Å². The number of aromatic hydroxyl groups is 2. The average molecular weight is 172 g/mol. The Morgan fingerprint density at radius 2 is 1.83 bits per heavy atom. The molecule has 68 valence electrons. The van der Waals surface area contributed by atoms with E-state index in [-0.39, 0.29) is 11.8 Å². The highest BCUT2D eigenvalue weighted by atomic mass is 16.5. The Labute approximate surface area is 69.8 Å². The molecule has 5 heteroatoms. The Kier molecular flexibility index (Phi) is 2.95. The summed E-state index contributed by atoms with van der Waals surface area (Å²) in [4.78, 5) is 0. The monoisotopic (exact) mass is 172 g/mol. The number of nitrogens with zero attached hydrogens (tertiary/aromatic N) is 1. The van der Waals surface area contributed by atoms with Crippen LogP contribution in [0.2, 0.25) is 0 Å². The van der Waals surface area contributed by atoms with Crippen LogP contribution >= 0.6 is 0 Å². The van der Waals surface area contributed by atoms with E-state index in [1.165, 1.54) is 16.7 Å². The van der Waals surface area contributed by atoms with Crippen molar-refractivity contribution >= 4 is 0 Å². The van der Waals surface area contributed by atoms with E-state index >= 15 is 0 Å². The van der Waals surface area contributed by atoms with Crippen LogP contribution in [0, 0.1) is 0 Å². The first-order valence-electron chi connectivity index (χ1n) is 3.70. The third kappa shape index (κ3) is 1.90. The number of aromatic nitrogens is 1. The van der Waals surface area contributed by atoms with Crippen molar-refractivity contribution in [3.05, 3.63) is 12.1 Å². The van der Waals surface area contributed by atoms with Crippen LogP contribution in [0.3, 0.4) is 0 Å². The summed E-state index contributed by atoms with van der Waals surface area (Å²) in [6.07, 6.45) is 0.631. The van der Waals surface area contributed by atoms with Crippen molar-refractivity contribution in [1.82, 2.24) is 10.0 Å². The zero-order valence-electron chi connectivity index (χ0n) is 6.56. The van der Waals surface area contributed by atoms with Gasteiger partial charge >= 0.3 is 0 Å². The van der Waals surface area contributed by atoms with Gasteiger partial charge in [0, 0.05) is 25.2 Å². The van der Waals surface area contributed by atoms with Crippen LogP contribution in [-0.4, -0.2) is 26.5 Å². The minimum absolute atomic E-state index is 0.0328. The first-order valence-corrected chi connectivity index (χ1v) is 3.70. The Morgan fingerprint density at radius 1 is 1.25 bits per heavy atom. The second kappa shape index (κ2) is 3.99. The van der Waals surface area contributed by atoms with Gasteiger partial charge in [0.2, 0.25) is 0 Å². The van der Waals surface area contributed by atoms with E-state index in [2.05, 4.69) is 0 Å². The Morgan fingerprint density at radius 3 is 2.33 bits per heavy atom. The van der Waals surface area contributed by atoms with Gasteiger partial charge in [0.15, 0.2) is 11.8 Å². The molecule has 1 heterocycles. The van der Waals surface area contributed by atoms with Crippen molar-refractivity contribution in [3.8, 4) is 11.8 Å². The summed E-state index contributed by atoms with van der Waals surface area (Å²) in [6.45, 7) is 0.898. The van der Waals surface area contributed by atoms with Crippen LogP contribution in [-0.2, 0) is 6.54 Å². The van der Waals surface area contributed by atoms with Crippen LogP contribution < -0.4 is 5.48 Å². The average Bonchev–Trinajstić information content (AvgIpc) is 2.35. The number of rotatable bonds is 4. The van der Waals surface area contributed by atoms with Crippen molar-refractivity contribution in [2.24, 2.45) is 0 Å². The zero-order valence-corrected chi connectivity index (χ0v) is 6.56. The molecule has 0 aliphatic heterocycles. The standard InChI is InChI=1S/C7H12N2O3/c10-6-2-3-7(11)9(6)5-1-4-8-12/h2-3,8,10-12H,1,4-5H2. The summed E-state index contributed by atoms with van der Waals surface area (Å²) in [5, 5.41) is 26.6. The molecule has 1 aromatic rings. The number of hydrogen-bond donors (Lipinski definition) is 4. The van der Waals surface area contributed by atoms with E-state index in [1.54, 1.807) is 0 Å². The van der Waals surface area contributed by atoms with Crippen LogP contribution in [0.1, 0.15) is 6.42 Å². The van der Waals surface area contributed by atoms with Gasteiger partial charge in [-0.1, -0.05) is 0 Å². The minimum Gasteiger partial charge on any atom is -0.494 e. The Hall–Kier alpha value is -1.20. The third-order valence-electron chi connectivity index (χ3n) is 1.60. The van der Waals surface area contributed by atoms with E-state index in [0.717, 1.165) is 0 Å². The fourth-order valence-electron chi connectivity index (χ4n) is 0.992. The lowest BCUT2D eigenvalue weighted by molar-refractivity contribution is 0.163. The predicted molar refractivity (Wildman–Crippen MR) is 42.2 cm³/mol. The van der Waals surface area contributed by atoms with E-state index in [9.17, 15) is 0 Å². The fourth-order valence-corrected chi connectivity index (χ4v) is 0.992. The van der Waals surface area contributed by atoms with Gasteiger partial charge in [-0.15, -0.1) is 0 Å². The van der Waals surface area contributed by atoms with Crippen molar-refractivity contribution in [2.75, 3.05) is 6.54 Å². The van der Waals surface area contributed by atoms with Crippen LogP contribution in [0.25, 0.3) is 0 Å². The molecular weight excluding hydrogens is 160 g/mol. The highest BCUT2D eigenvalue weighted by molar-refractivity contribution is 5.23. The molecule has 1 rings (SSSR count). The van der Waals surface area contributed by atoms with Crippen LogP contribution in [0.5, 0.6) is 11.8 Å². The van der Waals surface area contributed by atoms with Crippen LogP contribution in [0.15, 0.2) is 12.1 Å². The molecule has 0 bridgehead atoms. The second-order valence-electron chi connectivity index (χ2n) is 2.46. The number of hydrogen-bond acceptors (Lipinski definition) is 4. The molecule has 4 N–H and O–H groups in total. The molecule has 0 radical (unpaired) electrons. The lowest BCUT2D eigenvalue weighted by Gasteiger charge is -2.05. The predicted octanol–water partition coefficient (Wildman–Crippen LogP) is 0.268. The lowest BCUT2D eigenvalue weighted by Crippen LogP contribution is -2.11. The molecule has 0 unspecified atom stereocenters. The third-order valence-corrected chi connectivity index (χ3v) is 1.60. The quantitative estimate of drug-likeness (QED) is 0.388. The Balaban J connectivity index is 2.50. The maximum absolute atomic E-state index is 9.15. The zero-order chi connectivity index (χ0) is 8.97. The normalized spacial score (nSPS) is 10.4.